The van der Waals surface area contributed by atoms with E-state index in [2.05, 4.69) is 81.7 Å². The Morgan fingerprint density at radius 1 is 1.10 bits per heavy atom. The van der Waals surface area contributed by atoms with Gasteiger partial charge in [0.1, 0.15) is 0 Å². The lowest BCUT2D eigenvalue weighted by molar-refractivity contribution is 0.790. The summed E-state index contributed by atoms with van der Waals surface area (Å²) in [6.45, 7) is 2.21. The molecule has 0 aliphatic heterocycles. The Bertz CT molecular complexity index is 700. The summed E-state index contributed by atoms with van der Waals surface area (Å²) < 4.78 is 1.12. The Hall–Kier alpha value is -1.74. The predicted molar refractivity (Wildman–Crippen MR) is 89.2 cm³/mol. The molecule has 0 amide bonds. The number of hydrogen-bond donors (Lipinski definition) is 2. The third-order valence-electron chi connectivity index (χ3n) is 3.42. The van der Waals surface area contributed by atoms with Crippen LogP contribution in [0, 0.1) is 0 Å². The summed E-state index contributed by atoms with van der Waals surface area (Å²) in [6, 6.07) is 17.4. The van der Waals surface area contributed by atoms with Crippen LogP contribution in [-0.4, -0.2) is 11.0 Å². The summed E-state index contributed by atoms with van der Waals surface area (Å²) in [5.41, 5.74) is 3.69. The fourth-order valence-electron chi connectivity index (χ4n) is 2.45. The van der Waals surface area contributed by atoms with Crippen LogP contribution in [0.2, 0.25) is 0 Å². The molecule has 1 heterocycles. The molecule has 0 saturated carbocycles. The molecule has 1 unspecified atom stereocenters. The minimum absolute atomic E-state index is 0.396. The average molecular weight is 329 g/mol. The van der Waals surface area contributed by atoms with Crippen LogP contribution in [0.3, 0.4) is 0 Å². The van der Waals surface area contributed by atoms with Gasteiger partial charge in [-0.05, 0) is 55.3 Å². The van der Waals surface area contributed by atoms with E-state index in [4.69, 9.17) is 0 Å². The van der Waals surface area contributed by atoms with Crippen molar-refractivity contribution in [1.82, 2.24) is 4.98 Å². The number of aromatic amines is 1. The Morgan fingerprint density at radius 2 is 1.90 bits per heavy atom. The highest BCUT2D eigenvalue weighted by molar-refractivity contribution is 9.10. The summed E-state index contributed by atoms with van der Waals surface area (Å²) in [5, 5.41) is 4.80. The topological polar surface area (TPSA) is 27.8 Å². The fraction of sp³-hybridized carbons (Fsp3) is 0.176. The molecule has 0 saturated heterocycles. The number of rotatable bonds is 4. The normalized spacial score (nSPS) is 12.5. The first-order valence-corrected chi connectivity index (χ1v) is 7.58. The molecule has 0 radical (unpaired) electrons. The Labute approximate surface area is 127 Å². The lowest BCUT2D eigenvalue weighted by atomic mass is 10.1. The second kappa shape index (κ2) is 5.71. The molecule has 2 N–H and O–H groups in total. The van der Waals surface area contributed by atoms with Gasteiger partial charge < -0.3 is 10.3 Å². The summed E-state index contributed by atoms with van der Waals surface area (Å²) >= 11 is 3.47. The minimum atomic E-state index is 0.396. The highest BCUT2D eigenvalue weighted by atomic mass is 79.9. The average Bonchev–Trinajstić information content (AvgIpc) is 2.89. The van der Waals surface area contributed by atoms with E-state index < -0.39 is 0 Å². The number of nitrogens with one attached hydrogen (secondary N) is 2. The highest BCUT2D eigenvalue weighted by Gasteiger charge is 2.04. The maximum absolute atomic E-state index is 3.56. The molecule has 0 aliphatic rings. The van der Waals surface area contributed by atoms with Crippen molar-refractivity contribution in [3.63, 3.8) is 0 Å². The van der Waals surface area contributed by atoms with E-state index >= 15 is 0 Å². The molecule has 2 aromatic carbocycles. The highest BCUT2D eigenvalue weighted by Crippen LogP contribution is 2.19. The molecular formula is C17H17BrN2. The molecule has 0 fully saturated rings. The van der Waals surface area contributed by atoms with E-state index in [1.165, 1.54) is 22.2 Å². The number of fused-ring (bicyclic) bond motifs is 1. The predicted octanol–water partition coefficient (Wildman–Crippen LogP) is 4.97. The summed E-state index contributed by atoms with van der Waals surface area (Å²) in [5.74, 6) is 0. The van der Waals surface area contributed by atoms with Crippen molar-refractivity contribution in [2.75, 3.05) is 5.32 Å². The van der Waals surface area contributed by atoms with Gasteiger partial charge in [-0.3, -0.25) is 0 Å². The maximum atomic E-state index is 3.56. The summed E-state index contributed by atoms with van der Waals surface area (Å²) in [4.78, 5) is 3.21. The maximum Gasteiger partial charge on any atom is 0.0455 e. The molecule has 102 valence electrons. The van der Waals surface area contributed by atoms with Crippen LogP contribution in [0.15, 0.2) is 59.2 Å². The van der Waals surface area contributed by atoms with Gasteiger partial charge >= 0.3 is 0 Å². The van der Waals surface area contributed by atoms with Crippen LogP contribution in [0.25, 0.3) is 10.9 Å². The fourth-order valence-corrected chi connectivity index (χ4v) is 2.72. The molecule has 3 rings (SSSR count). The second-order valence-corrected chi connectivity index (χ2v) is 6.07. The lowest BCUT2D eigenvalue weighted by Gasteiger charge is -2.15. The molecule has 3 aromatic rings. The van der Waals surface area contributed by atoms with Crippen molar-refractivity contribution in [3.05, 3.63) is 64.8 Å². The van der Waals surface area contributed by atoms with E-state index in [9.17, 15) is 0 Å². The van der Waals surface area contributed by atoms with Gasteiger partial charge in [-0.1, -0.05) is 28.1 Å². The zero-order valence-electron chi connectivity index (χ0n) is 11.4. The van der Waals surface area contributed by atoms with Crippen molar-refractivity contribution < 1.29 is 0 Å². The number of anilines is 1. The smallest absolute Gasteiger partial charge is 0.0455 e. The van der Waals surface area contributed by atoms with Crippen LogP contribution in [0.1, 0.15) is 12.5 Å². The molecule has 20 heavy (non-hydrogen) atoms. The molecule has 0 aliphatic carbocycles. The Balaban J connectivity index is 1.68. The largest absolute Gasteiger partial charge is 0.382 e. The van der Waals surface area contributed by atoms with Crippen molar-refractivity contribution >= 4 is 32.5 Å². The first-order valence-electron chi connectivity index (χ1n) is 6.79. The minimum Gasteiger partial charge on any atom is -0.382 e. The SMILES string of the molecule is CC(Cc1ccc(Br)cc1)Nc1ccc2[nH]ccc2c1. The molecular weight excluding hydrogens is 312 g/mol. The van der Waals surface area contributed by atoms with Crippen LogP contribution in [-0.2, 0) is 6.42 Å². The molecule has 1 aromatic heterocycles. The van der Waals surface area contributed by atoms with Crippen molar-refractivity contribution in [1.29, 1.82) is 0 Å². The van der Waals surface area contributed by atoms with Crippen molar-refractivity contribution in [2.45, 2.75) is 19.4 Å². The third-order valence-corrected chi connectivity index (χ3v) is 3.95. The van der Waals surface area contributed by atoms with Gasteiger partial charge in [0.25, 0.3) is 0 Å². The Morgan fingerprint density at radius 3 is 2.70 bits per heavy atom. The van der Waals surface area contributed by atoms with Crippen LogP contribution in [0.5, 0.6) is 0 Å². The molecule has 3 heteroatoms. The first-order chi connectivity index (χ1) is 9.70. The van der Waals surface area contributed by atoms with Crippen LogP contribution in [0.4, 0.5) is 5.69 Å². The van der Waals surface area contributed by atoms with E-state index in [1.807, 2.05) is 6.20 Å². The zero-order chi connectivity index (χ0) is 13.9. The number of aromatic nitrogens is 1. The number of halogens is 1. The van der Waals surface area contributed by atoms with Gasteiger partial charge in [0, 0.05) is 33.3 Å². The van der Waals surface area contributed by atoms with Gasteiger partial charge in [-0.2, -0.15) is 0 Å². The number of hydrogen-bond acceptors (Lipinski definition) is 1. The van der Waals surface area contributed by atoms with Gasteiger partial charge in [-0.15, -0.1) is 0 Å². The summed E-state index contributed by atoms with van der Waals surface area (Å²) in [6.07, 6.45) is 2.98. The van der Waals surface area contributed by atoms with E-state index in [1.54, 1.807) is 0 Å². The van der Waals surface area contributed by atoms with Gasteiger partial charge in [0.05, 0.1) is 0 Å². The van der Waals surface area contributed by atoms with E-state index in [0.29, 0.717) is 6.04 Å². The monoisotopic (exact) mass is 328 g/mol. The molecule has 0 spiro atoms. The molecule has 0 bridgehead atoms. The molecule has 2 nitrogen and oxygen atoms in total. The molecule has 1 atom stereocenters. The van der Waals surface area contributed by atoms with Gasteiger partial charge in [0.2, 0.25) is 0 Å². The van der Waals surface area contributed by atoms with Gasteiger partial charge in [-0.25, -0.2) is 0 Å². The van der Waals surface area contributed by atoms with Crippen molar-refractivity contribution in [3.8, 4) is 0 Å². The van der Waals surface area contributed by atoms with Crippen LogP contribution >= 0.6 is 15.9 Å². The second-order valence-electron chi connectivity index (χ2n) is 5.16. The van der Waals surface area contributed by atoms with Crippen LogP contribution < -0.4 is 5.32 Å². The number of H-pyrrole nitrogens is 1. The third kappa shape index (κ3) is 3.05. The van der Waals surface area contributed by atoms with Crippen molar-refractivity contribution in [2.24, 2.45) is 0 Å². The lowest BCUT2D eigenvalue weighted by Crippen LogP contribution is -2.17. The Kier molecular flexibility index (Phi) is 3.79. The quantitative estimate of drug-likeness (QED) is 0.695. The number of benzene rings is 2. The van der Waals surface area contributed by atoms with E-state index in [0.717, 1.165) is 10.9 Å². The standard InChI is InChI=1S/C17H17BrN2/c1-12(10-13-2-4-15(18)5-3-13)20-16-6-7-17-14(11-16)8-9-19-17/h2-9,11-12,19-20H,10H2,1H3. The first kappa shape index (κ1) is 13.3. The van der Waals surface area contributed by atoms with Gasteiger partial charge in [0.15, 0.2) is 0 Å². The van der Waals surface area contributed by atoms with E-state index in [-0.39, 0.29) is 0 Å². The zero-order valence-corrected chi connectivity index (χ0v) is 12.9. The summed E-state index contributed by atoms with van der Waals surface area (Å²) in [7, 11) is 0.